The van der Waals surface area contributed by atoms with Crippen LogP contribution in [0.5, 0.6) is 0 Å². The zero-order valence-corrected chi connectivity index (χ0v) is 12.1. The molecule has 0 amide bonds. The van der Waals surface area contributed by atoms with Crippen molar-refractivity contribution in [2.45, 2.75) is 9.37 Å². The number of thiazole rings is 1. The number of benzene rings is 1. The van der Waals surface area contributed by atoms with Crippen molar-refractivity contribution in [1.82, 2.24) is 9.97 Å². The Bertz CT molecular complexity index is 681. The molecule has 90 valence electrons. The van der Waals surface area contributed by atoms with Gasteiger partial charge in [-0.1, -0.05) is 12.1 Å². The van der Waals surface area contributed by atoms with Gasteiger partial charge in [0.15, 0.2) is 10.2 Å². The predicted molar refractivity (Wildman–Crippen MR) is 75.6 cm³/mol. The molecule has 18 heavy (non-hydrogen) atoms. The van der Waals surface area contributed by atoms with Crippen molar-refractivity contribution >= 4 is 49.2 Å². The third-order valence-corrected chi connectivity index (χ3v) is 4.76. The largest absolute Gasteiger partial charge is 0.245 e. The molecular formula is C12H6BrFN2S2. The third kappa shape index (κ3) is 2.41. The van der Waals surface area contributed by atoms with Crippen molar-refractivity contribution in [2.24, 2.45) is 0 Å². The van der Waals surface area contributed by atoms with Crippen LogP contribution in [0, 0.1) is 5.82 Å². The zero-order valence-electron chi connectivity index (χ0n) is 8.93. The predicted octanol–water partition coefficient (Wildman–Crippen LogP) is 4.74. The van der Waals surface area contributed by atoms with Crippen LogP contribution >= 0.6 is 39.0 Å². The van der Waals surface area contributed by atoms with E-state index in [-0.39, 0.29) is 5.82 Å². The molecule has 0 spiro atoms. The fourth-order valence-corrected chi connectivity index (χ4v) is 3.70. The summed E-state index contributed by atoms with van der Waals surface area (Å²) in [4.78, 5) is 8.49. The van der Waals surface area contributed by atoms with Crippen LogP contribution < -0.4 is 0 Å². The number of nitrogens with zero attached hydrogens (tertiary/aromatic N) is 2. The quantitative estimate of drug-likeness (QED) is 0.673. The van der Waals surface area contributed by atoms with Crippen molar-refractivity contribution in [2.75, 3.05) is 0 Å². The van der Waals surface area contributed by atoms with Crippen LogP contribution in [-0.2, 0) is 0 Å². The van der Waals surface area contributed by atoms with Crippen molar-refractivity contribution in [3.05, 3.63) is 46.8 Å². The van der Waals surface area contributed by atoms with E-state index in [1.165, 1.54) is 29.2 Å². The second kappa shape index (κ2) is 4.95. The molecule has 3 rings (SSSR count). The summed E-state index contributed by atoms with van der Waals surface area (Å²) in [5.41, 5.74) is 0.933. The van der Waals surface area contributed by atoms with Gasteiger partial charge < -0.3 is 0 Å². The lowest BCUT2D eigenvalue weighted by Gasteiger charge is -1.98. The Balaban J connectivity index is 1.96. The molecule has 0 saturated carbocycles. The molecule has 0 aliphatic heterocycles. The summed E-state index contributed by atoms with van der Waals surface area (Å²) in [5, 5.41) is 0.345. The number of para-hydroxylation sites is 1. The molecular weight excluding hydrogens is 335 g/mol. The number of hydrogen-bond donors (Lipinski definition) is 0. The molecule has 0 N–H and O–H groups in total. The van der Waals surface area contributed by atoms with E-state index in [2.05, 4.69) is 25.9 Å². The Morgan fingerprint density at radius 3 is 2.89 bits per heavy atom. The Morgan fingerprint density at radius 1 is 1.28 bits per heavy atom. The minimum absolute atomic E-state index is 0.339. The highest BCUT2D eigenvalue weighted by molar-refractivity contribution is 9.10. The maximum Gasteiger partial charge on any atom is 0.157 e. The monoisotopic (exact) mass is 340 g/mol. The number of pyridine rings is 1. The molecule has 0 aliphatic carbocycles. The standard InChI is InChI=1S/C12H6BrFN2S2/c13-7-5-8(14)11(15-6-7)18-12-16-9-3-1-2-4-10(9)17-12/h1-6H. The first-order chi connectivity index (χ1) is 8.72. The highest BCUT2D eigenvalue weighted by Crippen LogP contribution is 2.34. The van der Waals surface area contributed by atoms with Gasteiger partial charge in [0.05, 0.1) is 10.2 Å². The topological polar surface area (TPSA) is 25.8 Å². The van der Waals surface area contributed by atoms with Gasteiger partial charge in [-0.05, 0) is 45.9 Å². The maximum atomic E-state index is 13.7. The molecule has 3 aromatic rings. The maximum absolute atomic E-state index is 13.7. The summed E-state index contributed by atoms with van der Waals surface area (Å²) in [6.07, 6.45) is 1.58. The molecule has 2 heterocycles. The summed E-state index contributed by atoms with van der Waals surface area (Å²) in [7, 11) is 0. The SMILES string of the molecule is Fc1cc(Br)cnc1Sc1nc2ccccc2s1. The van der Waals surface area contributed by atoms with Crippen LogP contribution in [0.4, 0.5) is 4.39 Å². The molecule has 1 aromatic carbocycles. The third-order valence-electron chi connectivity index (χ3n) is 2.23. The number of hydrogen-bond acceptors (Lipinski definition) is 4. The van der Waals surface area contributed by atoms with E-state index >= 15 is 0 Å². The average molecular weight is 341 g/mol. The van der Waals surface area contributed by atoms with Crippen molar-refractivity contribution in [1.29, 1.82) is 0 Å². The Kier molecular flexibility index (Phi) is 3.32. The van der Waals surface area contributed by atoms with Gasteiger partial charge in [0.1, 0.15) is 5.03 Å². The first-order valence-corrected chi connectivity index (χ1v) is 7.49. The van der Waals surface area contributed by atoms with E-state index in [4.69, 9.17) is 0 Å². The van der Waals surface area contributed by atoms with Gasteiger partial charge in [0.25, 0.3) is 0 Å². The second-order valence-electron chi connectivity index (χ2n) is 3.49. The smallest absolute Gasteiger partial charge is 0.157 e. The summed E-state index contributed by atoms with van der Waals surface area (Å²) in [5.74, 6) is -0.339. The van der Waals surface area contributed by atoms with Crippen molar-refractivity contribution < 1.29 is 4.39 Å². The number of halogens is 2. The van der Waals surface area contributed by atoms with Gasteiger partial charge in [0, 0.05) is 10.7 Å². The molecule has 0 saturated heterocycles. The van der Waals surface area contributed by atoms with Crippen LogP contribution in [0.2, 0.25) is 0 Å². The lowest BCUT2D eigenvalue weighted by Crippen LogP contribution is -1.85. The fraction of sp³-hybridized carbons (Fsp3) is 0. The van der Waals surface area contributed by atoms with E-state index in [1.807, 2.05) is 24.3 Å². The lowest BCUT2D eigenvalue weighted by molar-refractivity contribution is 0.586. The average Bonchev–Trinajstić information content (AvgIpc) is 2.75. The van der Waals surface area contributed by atoms with Crippen molar-refractivity contribution in [3.8, 4) is 0 Å². The number of rotatable bonds is 2. The normalized spacial score (nSPS) is 11.0. The number of aromatic nitrogens is 2. The minimum atomic E-state index is -0.339. The van der Waals surface area contributed by atoms with Crippen molar-refractivity contribution in [3.63, 3.8) is 0 Å². The Morgan fingerprint density at radius 2 is 2.11 bits per heavy atom. The molecule has 2 aromatic heterocycles. The van der Waals surface area contributed by atoms with E-state index in [0.717, 1.165) is 14.6 Å². The van der Waals surface area contributed by atoms with Crippen LogP contribution in [0.25, 0.3) is 10.2 Å². The molecule has 0 fully saturated rings. The van der Waals surface area contributed by atoms with E-state index in [1.54, 1.807) is 6.20 Å². The van der Waals surface area contributed by atoms with Gasteiger partial charge in [-0.3, -0.25) is 0 Å². The van der Waals surface area contributed by atoms with Gasteiger partial charge in [-0.2, -0.15) is 0 Å². The number of fused-ring (bicyclic) bond motifs is 1. The van der Waals surface area contributed by atoms with Crippen LogP contribution in [0.3, 0.4) is 0 Å². The molecule has 0 aliphatic rings. The highest BCUT2D eigenvalue weighted by atomic mass is 79.9. The molecule has 2 nitrogen and oxygen atoms in total. The molecule has 0 radical (unpaired) electrons. The van der Waals surface area contributed by atoms with E-state index < -0.39 is 0 Å². The molecule has 6 heteroatoms. The summed E-state index contributed by atoms with van der Waals surface area (Å²) < 4.78 is 16.2. The van der Waals surface area contributed by atoms with Crippen LogP contribution in [0.1, 0.15) is 0 Å². The zero-order chi connectivity index (χ0) is 12.5. The first kappa shape index (κ1) is 12.1. The second-order valence-corrected chi connectivity index (χ2v) is 6.67. The molecule has 0 bridgehead atoms. The van der Waals surface area contributed by atoms with Gasteiger partial charge in [0.2, 0.25) is 0 Å². The fourth-order valence-electron chi connectivity index (χ4n) is 1.45. The molecule has 0 unspecified atom stereocenters. The molecule has 0 atom stereocenters. The lowest BCUT2D eigenvalue weighted by atomic mass is 10.3. The minimum Gasteiger partial charge on any atom is -0.245 e. The summed E-state index contributed by atoms with van der Waals surface area (Å²) in [6.45, 7) is 0. The summed E-state index contributed by atoms with van der Waals surface area (Å²) in [6, 6.07) is 9.26. The summed E-state index contributed by atoms with van der Waals surface area (Å²) >= 11 is 5.97. The van der Waals surface area contributed by atoms with Gasteiger partial charge in [-0.25, -0.2) is 14.4 Å². The first-order valence-electron chi connectivity index (χ1n) is 5.07. The van der Waals surface area contributed by atoms with Gasteiger partial charge >= 0.3 is 0 Å². The van der Waals surface area contributed by atoms with Crippen LogP contribution in [-0.4, -0.2) is 9.97 Å². The van der Waals surface area contributed by atoms with Crippen LogP contribution in [0.15, 0.2) is 50.4 Å². The van der Waals surface area contributed by atoms with E-state index in [0.29, 0.717) is 9.50 Å². The Labute approximate surface area is 119 Å². The van der Waals surface area contributed by atoms with Gasteiger partial charge in [-0.15, -0.1) is 11.3 Å². The highest BCUT2D eigenvalue weighted by Gasteiger charge is 2.10. The van der Waals surface area contributed by atoms with E-state index in [9.17, 15) is 4.39 Å². The Hall–Kier alpha value is -0.980.